The molecule has 0 bridgehead atoms. The van der Waals surface area contributed by atoms with Gasteiger partial charge in [0.15, 0.2) is 0 Å². The normalized spacial score (nSPS) is 5.50. The van der Waals surface area contributed by atoms with Crippen molar-refractivity contribution in [2.45, 2.75) is 0 Å². The van der Waals surface area contributed by atoms with Crippen LogP contribution in [0.2, 0.25) is 0 Å². The first-order valence-corrected chi connectivity index (χ1v) is 0.956. The van der Waals surface area contributed by atoms with Crippen LogP contribution in [0.15, 0.2) is 0 Å². The number of nitrogens with zero attached hydrogens (tertiary/aromatic N) is 1. The third kappa shape index (κ3) is 8.92. The first kappa shape index (κ1) is 9.46. The van der Waals surface area contributed by atoms with Crippen LogP contribution in [0.25, 0.3) is 0 Å². The van der Waals surface area contributed by atoms with E-state index in [0.29, 0.717) is 0 Å². The maximum Gasteiger partial charge on any atom is 2.00 e. The van der Waals surface area contributed by atoms with Crippen molar-refractivity contribution in [2.75, 3.05) is 7.11 Å². The maximum absolute atomic E-state index is 8.95. The van der Waals surface area contributed by atoms with Crippen molar-refractivity contribution >= 4 is 0 Å². The van der Waals surface area contributed by atoms with E-state index in [0.717, 1.165) is 7.11 Å². The van der Waals surface area contributed by atoms with Crippen molar-refractivity contribution in [3.63, 3.8) is 0 Å². The van der Waals surface area contributed by atoms with Crippen molar-refractivity contribution in [2.24, 2.45) is 0 Å². The molecule has 0 saturated heterocycles. The smallest absolute Gasteiger partial charge is 0.317 e. The Bertz CT molecular complexity index is 46.1. The van der Waals surface area contributed by atoms with Gasteiger partial charge in [-0.1, -0.05) is 0 Å². The molecule has 0 N–H and O–H groups in total. The Morgan fingerprint density at radius 3 is 2.00 bits per heavy atom. The topological polar surface area (TPSA) is 52.4 Å². The molecule has 0 aromatic carbocycles. The van der Waals surface area contributed by atoms with Crippen molar-refractivity contribution in [3.05, 3.63) is 10.1 Å². The Morgan fingerprint density at radius 2 is 2.00 bits per heavy atom. The van der Waals surface area contributed by atoms with Gasteiger partial charge in [-0.2, -0.15) is 0 Å². The molecular formula is CH3HgNO3+2. The first-order chi connectivity index (χ1) is 2.27. The summed E-state index contributed by atoms with van der Waals surface area (Å²) in [5.74, 6) is 0. The molecule has 0 aliphatic heterocycles. The van der Waals surface area contributed by atoms with Crippen LogP contribution in [-0.2, 0) is 32.5 Å². The summed E-state index contributed by atoms with van der Waals surface area (Å²) in [6, 6.07) is 0. The van der Waals surface area contributed by atoms with Gasteiger partial charge < -0.3 is 4.84 Å². The van der Waals surface area contributed by atoms with Gasteiger partial charge in [-0.25, -0.2) is 0 Å². The molecule has 30 valence electrons. The summed E-state index contributed by atoms with van der Waals surface area (Å²) in [5, 5.41) is 8.08. The zero-order valence-electron chi connectivity index (χ0n) is 3.38. The number of hydrogen-bond acceptors (Lipinski definition) is 3. The van der Waals surface area contributed by atoms with Crippen molar-refractivity contribution in [1.82, 2.24) is 0 Å². The Balaban J connectivity index is 0. The molecule has 0 radical (unpaired) electrons. The van der Waals surface area contributed by atoms with Gasteiger partial charge >= 0.3 is 27.7 Å². The second-order valence-electron chi connectivity index (χ2n) is 0.406. The summed E-state index contributed by atoms with van der Waals surface area (Å²) in [5.41, 5.74) is 0. The SMILES string of the molecule is CO[N+](=O)[O-].[Hg+2]. The van der Waals surface area contributed by atoms with E-state index in [1.165, 1.54) is 0 Å². The van der Waals surface area contributed by atoms with Gasteiger partial charge in [0.1, 0.15) is 0 Å². The fraction of sp³-hybridized carbons (Fsp3) is 1.00. The maximum atomic E-state index is 8.95. The molecule has 0 rings (SSSR count). The monoisotopic (exact) mass is 279 g/mol. The van der Waals surface area contributed by atoms with Gasteiger partial charge in [-0.3, -0.25) is 0 Å². The van der Waals surface area contributed by atoms with Gasteiger partial charge in [0.25, 0.3) is 5.09 Å². The summed E-state index contributed by atoms with van der Waals surface area (Å²) in [6.45, 7) is 0. The third-order valence-electron chi connectivity index (χ3n) is 0.149. The second-order valence-corrected chi connectivity index (χ2v) is 0.406. The molecule has 0 spiro atoms. The molecule has 0 aliphatic rings. The Hall–Kier alpha value is 0.135. The Morgan fingerprint density at radius 1 is 1.83 bits per heavy atom. The summed E-state index contributed by atoms with van der Waals surface area (Å²) >= 11 is 0. The minimum Gasteiger partial charge on any atom is -0.317 e. The number of hydrogen-bond donors (Lipinski definition) is 0. The first-order valence-electron chi connectivity index (χ1n) is 0.956. The fourth-order valence-electron chi connectivity index (χ4n) is 0. The second kappa shape index (κ2) is 5.14. The van der Waals surface area contributed by atoms with Crippen LogP contribution in [0.4, 0.5) is 0 Å². The molecular weight excluding hydrogens is 275 g/mol. The van der Waals surface area contributed by atoms with Gasteiger partial charge in [0.2, 0.25) is 0 Å². The largest absolute Gasteiger partial charge is 2.00 e. The molecule has 4 nitrogen and oxygen atoms in total. The van der Waals surface area contributed by atoms with Gasteiger partial charge in [-0.05, 0) is 0 Å². The molecule has 5 heteroatoms. The molecule has 0 heterocycles. The van der Waals surface area contributed by atoms with E-state index in [1.54, 1.807) is 0 Å². The molecule has 0 atom stereocenters. The predicted octanol–water partition coefficient (Wildman–Crippen LogP) is -0.178. The Kier molecular flexibility index (Phi) is 8.10. The minimum absolute atomic E-state index is 0. The van der Waals surface area contributed by atoms with Gasteiger partial charge in [0.05, 0.1) is 7.11 Å². The number of rotatable bonds is 1. The molecule has 0 amide bonds. The molecule has 0 aromatic rings. The van der Waals surface area contributed by atoms with Crippen LogP contribution in [-0.4, -0.2) is 12.2 Å². The summed E-state index contributed by atoms with van der Waals surface area (Å²) in [6.07, 6.45) is 0. The van der Waals surface area contributed by atoms with Crippen LogP contribution in [0, 0.1) is 10.1 Å². The van der Waals surface area contributed by atoms with Crippen molar-refractivity contribution in [1.29, 1.82) is 0 Å². The van der Waals surface area contributed by atoms with Crippen LogP contribution in [0.3, 0.4) is 0 Å². The Labute approximate surface area is 55.1 Å². The minimum atomic E-state index is -0.875. The van der Waals surface area contributed by atoms with Crippen LogP contribution < -0.4 is 0 Å². The molecule has 0 aromatic heterocycles. The van der Waals surface area contributed by atoms with E-state index in [1.807, 2.05) is 0 Å². The van der Waals surface area contributed by atoms with Crippen LogP contribution in [0.5, 0.6) is 0 Å². The average Bonchev–Trinajstić information content (AvgIpc) is 1.38. The molecule has 0 aliphatic carbocycles. The van der Waals surface area contributed by atoms with E-state index in [2.05, 4.69) is 4.84 Å². The summed E-state index contributed by atoms with van der Waals surface area (Å²) in [7, 11) is 1.00. The quantitative estimate of drug-likeness (QED) is 0.380. The molecule has 0 unspecified atom stereocenters. The van der Waals surface area contributed by atoms with Crippen molar-refractivity contribution < 1.29 is 37.6 Å². The summed E-state index contributed by atoms with van der Waals surface area (Å²) < 4.78 is 0. The van der Waals surface area contributed by atoms with Gasteiger partial charge in [0, 0.05) is 0 Å². The predicted molar refractivity (Wildman–Crippen MR) is 14.0 cm³/mol. The van der Waals surface area contributed by atoms with E-state index in [-0.39, 0.29) is 27.7 Å². The summed E-state index contributed by atoms with van der Waals surface area (Å²) in [4.78, 5) is 12.4. The zero-order valence-corrected chi connectivity index (χ0v) is 8.88. The van der Waals surface area contributed by atoms with Gasteiger partial charge in [-0.15, -0.1) is 10.1 Å². The van der Waals surface area contributed by atoms with Crippen LogP contribution >= 0.6 is 0 Å². The fourth-order valence-corrected chi connectivity index (χ4v) is 0. The van der Waals surface area contributed by atoms with E-state index < -0.39 is 5.09 Å². The van der Waals surface area contributed by atoms with E-state index >= 15 is 0 Å². The molecule has 6 heavy (non-hydrogen) atoms. The van der Waals surface area contributed by atoms with E-state index in [9.17, 15) is 0 Å². The standard InChI is InChI=1S/CH3NO3.Hg/c1-5-2(3)4;/h1H3;/q;+2. The third-order valence-corrected chi connectivity index (χ3v) is 0.149. The van der Waals surface area contributed by atoms with E-state index in [4.69, 9.17) is 10.1 Å². The average molecular weight is 278 g/mol. The van der Waals surface area contributed by atoms with Crippen LogP contribution in [0.1, 0.15) is 0 Å². The van der Waals surface area contributed by atoms with Crippen molar-refractivity contribution in [3.8, 4) is 0 Å². The zero-order chi connectivity index (χ0) is 4.28. The molecule has 0 saturated carbocycles. The molecule has 0 fully saturated rings.